The smallest absolute Gasteiger partial charge is 0.187 e. The maximum atomic E-state index is 6.36. The van der Waals surface area contributed by atoms with Crippen molar-refractivity contribution >= 4 is 61.3 Å². The Bertz CT molecular complexity index is 1130. The molecule has 0 saturated carbocycles. The summed E-state index contributed by atoms with van der Waals surface area (Å²) in [6.07, 6.45) is 0. The number of aryl methyl sites for hydroxylation is 1. The van der Waals surface area contributed by atoms with Crippen molar-refractivity contribution in [3.05, 3.63) is 68.1 Å². The van der Waals surface area contributed by atoms with E-state index in [1.54, 1.807) is 12.1 Å². The number of hydrogen-bond donors (Lipinski definition) is 1. The van der Waals surface area contributed by atoms with Crippen LogP contribution in [0.25, 0.3) is 22.5 Å². The molecule has 4 rings (SSSR count). The standard InChI is InChI=1S/C19H12BrCl2N3OS/c1-10-17(18(25-26-10)12-7-6-11(21)8-14(12)22)16-9-27-19(24-16)23-15-5-3-2-4-13(15)20/h2-9H,1H3,(H,23,24). The van der Waals surface area contributed by atoms with Crippen LogP contribution in [0.2, 0.25) is 10.0 Å². The van der Waals surface area contributed by atoms with Gasteiger partial charge in [0.05, 0.1) is 22.0 Å². The highest BCUT2D eigenvalue weighted by molar-refractivity contribution is 9.10. The topological polar surface area (TPSA) is 51.0 Å². The number of hydrogen-bond acceptors (Lipinski definition) is 5. The lowest BCUT2D eigenvalue weighted by atomic mass is 10.0. The molecule has 0 atom stereocenters. The van der Waals surface area contributed by atoms with E-state index < -0.39 is 0 Å². The number of aromatic nitrogens is 2. The zero-order chi connectivity index (χ0) is 19.0. The summed E-state index contributed by atoms with van der Waals surface area (Å²) < 4.78 is 6.40. The van der Waals surface area contributed by atoms with E-state index in [1.807, 2.05) is 42.6 Å². The molecule has 0 bridgehead atoms. The minimum absolute atomic E-state index is 0.513. The fourth-order valence-electron chi connectivity index (χ4n) is 2.66. The first-order chi connectivity index (χ1) is 13.0. The highest BCUT2D eigenvalue weighted by atomic mass is 79.9. The average molecular weight is 481 g/mol. The van der Waals surface area contributed by atoms with E-state index in [0.717, 1.165) is 32.1 Å². The van der Waals surface area contributed by atoms with Crippen molar-refractivity contribution in [1.82, 2.24) is 10.1 Å². The van der Waals surface area contributed by atoms with Crippen molar-refractivity contribution < 1.29 is 4.52 Å². The Morgan fingerprint density at radius 1 is 1.15 bits per heavy atom. The van der Waals surface area contributed by atoms with Gasteiger partial charge < -0.3 is 9.84 Å². The highest BCUT2D eigenvalue weighted by Gasteiger charge is 2.21. The summed E-state index contributed by atoms with van der Waals surface area (Å²) in [7, 11) is 0. The van der Waals surface area contributed by atoms with Gasteiger partial charge in [0.25, 0.3) is 0 Å². The minimum Gasteiger partial charge on any atom is -0.360 e. The van der Waals surface area contributed by atoms with Gasteiger partial charge in [-0.15, -0.1) is 11.3 Å². The molecule has 27 heavy (non-hydrogen) atoms. The zero-order valence-electron chi connectivity index (χ0n) is 14.0. The van der Waals surface area contributed by atoms with Crippen LogP contribution < -0.4 is 5.32 Å². The second-order valence-electron chi connectivity index (χ2n) is 5.73. The van der Waals surface area contributed by atoms with Gasteiger partial charge in [0, 0.05) is 20.4 Å². The third kappa shape index (κ3) is 3.75. The second kappa shape index (κ2) is 7.64. The van der Waals surface area contributed by atoms with Gasteiger partial charge in [-0.2, -0.15) is 0 Å². The third-order valence-electron chi connectivity index (χ3n) is 3.92. The van der Waals surface area contributed by atoms with Crippen molar-refractivity contribution in [3.8, 4) is 22.5 Å². The van der Waals surface area contributed by atoms with Crippen LogP contribution in [-0.4, -0.2) is 10.1 Å². The molecule has 2 aromatic heterocycles. The molecule has 0 unspecified atom stereocenters. The zero-order valence-corrected chi connectivity index (χ0v) is 17.9. The molecular weight excluding hydrogens is 469 g/mol. The number of thiazole rings is 1. The van der Waals surface area contributed by atoms with E-state index in [0.29, 0.717) is 21.5 Å². The molecule has 0 fully saturated rings. The molecule has 1 N–H and O–H groups in total. The SMILES string of the molecule is Cc1onc(-c2ccc(Cl)cc2Cl)c1-c1csc(Nc2ccccc2Br)n1. The van der Waals surface area contributed by atoms with E-state index in [1.165, 1.54) is 11.3 Å². The summed E-state index contributed by atoms with van der Waals surface area (Å²) in [4.78, 5) is 4.70. The Kier molecular flexibility index (Phi) is 5.23. The fraction of sp³-hybridized carbons (Fsp3) is 0.0526. The first-order valence-corrected chi connectivity index (χ1v) is 10.3. The Balaban J connectivity index is 1.72. The first kappa shape index (κ1) is 18.5. The largest absolute Gasteiger partial charge is 0.360 e. The maximum Gasteiger partial charge on any atom is 0.187 e. The summed E-state index contributed by atoms with van der Waals surface area (Å²) >= 11 is 17.4. The molecular formula is C19H12BrCl2N3OS. The maximum absolute atomic E-state index is 6.36. The Hall–Kier alpha value is -1.86. The lowest BCUT2D eigenvalue weighted by Gasteiger charge is -2.05. The Morgan fingerprint density at radius 2 is 1.96 bits per heavy atom. The normalized spacial score (nSPS) is 11.0. The molecule has 2 heterocycles. The molecule has 136 valence electrons. The molecule has 0 amide bonds. The van der Waals surface area contributed by atoms with Crippen LogP contribution in [0.1, 0.15) is 5.76 Å². The molecule has 0 aliphatic heterocycles. The van der Waals surface area contributed by atoms with E-state index in [4.69, 9.17) is 32.7 Å². The van der Waals surface area contributed by atoms with Crippen molar-refractivity contribution in [2.75, 3.05) is 5.32 Å². The number of benzene rings is 2. The van der Waals surface area contributed by atoms with E-state index in [2.05, 4.69) is 26.4 Å². The monoisotopic (exact) mass is 479 g/mol. The molecule has 8 heteroatoms. The van der Waals surface area contributed by atoms with Crippen molar-refractivity contribution in [1.29, 1.82) is 0 Å². The summed E-state index contributed by atoms with van der Waals surface area (Å²) in [6, 6.07) is 13.2. The molecule has 0 spiro atoms. The molecule has 4 aromatic rings. The van der Waals surface area contributed by atoms with Gasteiger partial charge in [0.1, 0.15) is 11.5 Å². The third-order valence-corrected chi connectivity index (χ3v) is 5.92. The second-order valence-corrected chi connectivity index (χ2v) is 8.29. The van der Waals surface area contributed by atoms with E-state index >= 15 is 0 Å². The molecule has 2 aromatic carbocycles. The quantitative estimate of drug-likeness (QED) is 0.327. The summed E-state index contributed by atoms with van der Waals surface area (Å²) in [5.41, 5.74) is 3.93. The van der Waals surface area contributed by atoms with E-state index in [9.17, 15) is 0 Å². The van der Waals surface area contributed by atoms with Gasteiger partial charge in [0.15, 0.2) is 5.13 Å². The highest BCUT2D eigenvalue weighted by Crippen LogP contribution is 2.39. The van der Waals surface area contributed by atoms with Crippen LogP contribution in [0.4, 0.5) is 10.8 Å². The number of anilines is 2. The fourth-order valence-corrected chi connectivity index (χ4v) is 4.26. The van der Waals surface area contributed by atoms with Gasteiger partial charge in [-0.05, 0) is 53.2 Å². The molecule has 0 aliphatic rings. The average Bonchev–Trinajstić information content (AvgIpc) is 3.23. The summed E-state index contributed by atoms with van der Waals surface area (Å²) in [6.45, 7) is 1.86. The summed E-state index contributed by atoms with van der Waals surface area (Å²) in [5, 5.41) is 11.3. The predicted octanol–water partition coefficient (Wildman–Crippen LogP) is 7.59. The van der Waals surface area contributed by atoms with Crippen molar-refractivity contribution in [2.45, 2.75) is 6.92 Å². The minimum atomic E-state index is 0.513. The first-order valence-electron chi connectivity index (χ1n) is 7.92. The molecule has 0 aliphatic carbocycles. The lowest BCUT2D eigenvalue weighted by molar-refractivity contribution is 0.400. The summed E-state index contributed by atoms with van der Waals surface area (Å²) in [5.74, 6) is 0.675. The molecule has 4 nitrogen and oxygen atoms in total. The Morgan fingerprint density at radius 3 is 2.74 bits per heavy atom. The van der Waals surface area contributed by atoms with Gasteiger partial charge in [0.2, 0.25) is 0 Å². The van der Waals surface area contributed by atoms with Gasteiger partial charge >= 0.3 is 0 Å². The number of nitrogens with one attached hydrogen (secondary N) is 1. The molecule has 0 saturated heterocycles. The number of halogens is 3. The number of para-hydroxylation sites is 1. The van der Waals surface area contributed by atoms with Gasteiger partial charge in [-0.25, -0.2) is 4.98 Å². The van der Waals surface area contributed by atoms with Crippen LogP contribution in [0.5, 0.6) is 0 Å². The van der Waals surface area contributed by atoms with Crippen molar-refractivity contribution in [2.24, 2.45) is 0 Å². The number of nitrogens with zero attached hydrogens (tertiary/aromatic N) is 2. The van der Waals surface area contributed by atoms with E-state index in [-0.39, 0.29) is 0 Å². The number of rotatable bonds is 4. The lowest BCUT2D eigenvalue weighted by Crippen LogP contribution is -1.91. The van der Waals surface area contributed by atoms with Crippen LogP contribution in [0, 0.1) is 6.92 Å². The molecule has 0 radical (unpaired) electrons. The van der Waals surface area contributed by atoms with Crippen LogP contribution >= 0.6 is 50.5 Å². The van der Waals surface area contributed by atoms with Crippen molar-refractivity contribution in [3.63, 3.8) is 0 Å². The van der Waals surface area contributed by atoms with Crippen LogP contribution in [0.3, 0.4) is 0 Å². The van der Waals surface area contributed by atoms with Gasteiger partial charge in [-0.3, -0.25) is 0 Å². The van der Waals surface area contributed by atoms with Gasteiger partial charge in [-0.1, -0.05) is 40.5 Å². The van der Waals surface area contributed by atoms with Crippen LogP contribution in [0.15, 0.2) is 56.8 Å². The predicted molar refractivity (Wildman–Crippen MR) is 115 cm³/mol. The van der Waals surface area contributed by atoms with Crippen LogP contribution in [-0.2, 0) is 0 Å². The Labute approximate surface area is 178 Å².